The Balaban J connectivity index is 1.85. The molecule has 0 aliphatic rings. The van der Waals surface area contributed by atoms with Gasteiger partial charge in [0.15, 0.2) is 0 Å². The van der Waals surface area contributed by atoms with E-state index >= 15 is 0 Å². The molecule has 1 unspecified atom stereocenters. The fraction of sp³-hybridized carbons (Fsp3) is 0.333. The average Bonchev–Trinajstić information content (AvgIpc) is 3.25. The van der Waals surface area contributed by atoms with Gasteiger partial charge in [-0.25, -0.2) is 0 Å². The SMILES string of the molecule is CCC(C)N(CC(=O)N(Cc1ccccc1)Cc1sccc1C)C(=O)c1cccc(OC)c1. The summed E-state index contributed by atoms with van der Waals surface area (Å²) in [5.74, 6) is 0.391. The molecular weight excluding hydrogens is 432 g/mol. The molecule has 5 nitrogen and oxygen atoms in total. The van der Waals surface area contributed by atoms with Crippen molar-refractivity contribution in [3.8, 4) is 5.75 Å². The third-order valence-corrected chi connectivity index (χ3v) is 6.89. The van der Waals surface area contributed by atoms with E-state index in [1.807, 2.05) is 54.5 Å². The van der Waals surface area contributed by atoms with Crippen molar-refractivity contribution in [2.45, 2.75) is 46.3 Å². The zero-order valence-electron chi connectivity index (χ0n) is 19.8. The van der Waals surface area contributed by atoms with Gasteiger partial charge in [-0.2, -0.15) is 0 Å². The Labute approximate surface area is 200 Å². The zero-order chi connectivity index (χ0) is 23.8. The zero-order valence-corrected chi connectivity index (χ0v) is 20.6. The number of rotatable bonds is 10. The first-order chi connectivity index (χ1) is 15.9. The number of benzene rings is 2. The van der Waals surface area contributed by atoms with Crippen LogP contribution in [-0.4, -0.2) is 41.3 Å². The maximum Gasteiger partial charge on any atom is 0.254 e. The molecule has 6 heteroatoms. The molecule has 2 amide bonds. The molecule has 2 aromatic carbocycles. The highest BCUT2D eigenvalue weighted by molar-refractivity contribution is 7.10. The molecule has 0 aliphatic heterocycles. The molecule has 0 saturated heterocycles. The number of carbonyl (C=O) groups is 2. The van der Waals surface area contributed by atoms with Crippen LogP contribution in [0.2, 0.25) is 0 Å². The standard InChI is InChI=1S/C27H32N2O3S/c1-5-21(3)29(27(31)23-12-9-13-24(16-23)32-4)19-26(30)28(17-22-10-7-6-8-11-22)18-25-20(2)14-15-33-25/h6-16,21H,5,17-19H2,1-4H3. The third-order valence-electron chi connectivity index (χ3n) is 5.88. The molecule has 0 N–H and O–H groups in total. The van der Waals surface area contributed by atoms with Gasteiger partial charge in [0.25, 0.3) is 5.91 Å². The molecule has 0 radical (unpaired) electrons. The van der Waals surface area contributed by atoms with Crippen molar-refractivity contribution in [3.05, 3.63) is 87.6 Å². The maximum absolute atomic E-state index is 13.6. The van der Waals surface area contributed by atoms with Crippen molar-refractivity contribution in [2.24, 2.45) is 0 Å². The van der Waals surface area contributed by atoms with Gasteiger partial charge in [0.05, 0.1) is 13.7 Å². The third kappa shape index (κ3) is 6.45. The number of hydrogen-bond acceptors (Lipinski definition) is 4. The Hall–Kier alpha value is -3.12. The average molecular weight is 465 g/mol. The number of aryl methyl sites for hydroxylation is 1. The first-order valence-corrected chi connectivity index (χ1v) is 12.1. The van der Waals surface area contributed by atoms with Crippen LogP contribution in [0, 0.1) is 6.92 Å². The molecule has 1 aromatic heterocycles. The van der Waals surface area contributed by atoms with Crippen LogP contribution in [0.1, 0.15) is 46.6 Å². The predicted molar refractivity (Wildman–Crippen MR) is 134 cm³/mol. The molecular formula is C27H32N2O3S. The lowest BCUT2D eigenvalue weighted by Crippen LogP contribution is -2.46. The molecule has 1 heterocycles. The van der Waals surface area contributed by atoms with Crippen molar-refractivity contribution in [1.29, 1.82) is 0 Å². The second-order valence-electron chi connectivity index (χ2n) is 8.18. The van der Waals surface area contributed by atoms with Crippen LogP contribution < -0.4 is 4.74 Å². The van der Waals surface area contributed by atoms with Crippen molar-refractivity contribution >= 4 is 23.2 Å². The molecule has 0 saturated carbocycles. The number of amides is 2. The van der Waals surface area contributed by atoms with Gasteiger partial charge in [0, 0.05) is 23.0 Å². The summed E-state index contributed by atoms with van der Waals surface area (Å²) < 4.78 is 5.28. The summed E-state index contributed by atoms with van der Waals surface area (Å²) >= 11 is 1.65. The van der Waals surface area contributed by atoms with Crippen molar-refractivity contribution in [2.75, 3.05) is 13.7 Å². The summed E-state index contributed by atoms with van der Waals surface area (Å²) in [6, 6.07) is 19.1. The van der Waals surface area contributed by atoms with Crippen LogP contribution in [0.3, 0.4) is 0 Å². The maximum atomic E-state index is 13.6. The van der Waals surface area contributed by atoms with Gasteiger partial charge in [0.2, 0.25) is 5.91 Å². The van der Waals surface area contributed by atoms with E-state index in [0.717, 1.165) is 16.9 Å². The topological polar surface area (TPSA) is 49.9 Å². The quantitative estimate of drug-likeness (QED) is 0.396. The molecule has 0 fully saturated rings. The number of thiophene rings is 1. The summed E-state index contributed by atoms with van der Waals surface area (Å²) in [5.41, 5.74) is 2.76. The fourth-order valence-corrected chi connectivity index (χ4v) is 4.51. The Bertz CT molecular complexity index is 1060. The Morgan fingerprint density at radius 3 is 2.42 bits per heavy atom. The van der Waals surface area contributed by atoms with Crippen LogP contribution in [-0.2, 0) is 17.9 Å². The van der Waals surface area contributed by atoms with Gasteiger partial charge < -0.3 is 14.5 Å². The lowest BCUT2D eigenvalue weighted by Gasteiger charge is -2.31. The Morgan fingerprint density at radius 2 is 1.79 bits per heavy atom. The molecule has 174 valence electrons. The van der Waals surface area contributed by atoms with Crippen LogP contribution in [0.15, 0.2) is 66.0 Å². The fourth-order valence-electron chi connectivity index (χ4n) is 3.59. The smallest absolute Gasteiger partial charge is 0.254 e. The lowest BCUT2D eigenvalue weighted by atomic mass is 10.1. The lowest BCUT2D eigenvalue weighted by molar-refractivity contribution is -0.133. The Kier molecular flexibility index (Phi) is 8.66. The van der Waals surface area contributed by atoms with Gasteiger partial charge in [-0.05, 0) is 61.0 Å². The summed E-state index contributed by atoms with van der Waals surface area (Å²) in [6.07, 6.45) is 0.756. The number of hydrogen-bond donors (Lipinski definition) is 0. The molecule has 3 rings (SSSR count). The summed E-state index contributed by atoms with van der Waals surface area (Å²) in [7, 11) is 1.58. The van der Waals surface area contributed by atoms with E-state index in [2.05, 4.69) is 13.0 Å². The summed E-state index contributed by atoms with van der Waals surface area (Å²) in [6.45, 7) is 7.13. The van der Waals surface area contributed by atoms with Crippen molar-refractivity contribution in [3.63, 3.8) is 0 Å². The van der Waals surface area contributed by atoms with Gasteiger partial charge in [-0.3, -0.25) is 9.59 Å². The molecule has 33 heavy (non-hydrogen) atoms. The second-order valence-corrected chi connectivity index (χ2v) is 9.19. The molecule has 0 aliphatic carbocycles. The van der Waals surface area contributed by atoms with Gasteiger partial charge >= 0.3 is 0 Å². The monoisotopic (exact) mass is 464 g/mol. The van der Waals surface area contributed by atoms with Crippen molar-refractivity contribution in [1.82, 2.24) is 9.80 Å². The van der Waals surface area contributed by atoms with E-state index in [-0.39, 0.29) is 24.4 Å². The van der Waals surface area contributed by atoms with Gasteiger partial charge in [-0.15, -0.1) is 11.3 Å². The molecule has 3 aromatic rings. The molecule has 0 bridgehead atoms. The van der Waals surface area contributed by atoms with Gasteiger partial charge in [-0.1, -0.05) is 43.3 Å². The highest BCUT2D eigenvalue weighted by atomic mass is 32.1. The minimum atomic E-state index is -0.163. The summed E-state index contributed by atoms with van der Waals surface area (Å²) in [4.78, 5) is 31.7. The number of nitrogens with zero attached hydrogens (tertiary/aromatic N) is 2. The highest BCUT2D eigenvalue weighted by Gasteiger charge is 2.26. The van der Waals surface area contributed by atoms with E-state index in [1.54, 1.807) is 47.6 Å². The van der Waals surface area contributed by atoms with Crippen LogP contribution in [0.5, 0.6) is 5.75 Å². The minimum Gasteiger partial charge on any atom is -0.497 e. The minimum absolute atomic E-state index is 0.0301. The normalized spacial score (nSPS) is 11.6. The number of ether oxygens (including phenoxy) is 1. The van der Waals surface area contributed by atoms with Crippen LogP contribution in [0.4, 0.5) is 0 Å². The molecule has 0 spiro atoms. The number of carbonyl (C=O) groups excluding carboxylic acids is 2. The van der Waals surface area contributed by atoms with Crippen LogP contribution >= 0.6 is 11.3 Å². The first-order valence-electron chi connectivity index (χ1n) is 11.2. The second kappa shape index (κ2) is 11.7. The predicted octanol–water partition coefficient (Wildman–Crippen LogP) is 5.53. The number of methoxy groups -OCH3 is 1. The van der Waals surface area contributed by atoms with Crippen LogP contribution in [0.25, 0.3) is 0 Å². The van der Waals surface area contributed by atoms with E-state index in [1.165, 1.54) is 5.56 Å². The van der Waals surface area contributed by atoms with E-state index in [4.69, 9.17) is 4.74 Å². The molecule has 1 atom stereocenters. The van der Waals surface area contributed by atoms with Crippen molar-refractivity contribution < 1.29 is 14.3 Å². The van der Waals surface area contributed by atoms with E-state index in [9.17, 15) is 9.59 Å². The largest absolute Gasteiger partial charge is 0.497 e. The van der Waals surface area contributed by atoms with Gasteiger partial charge in [0.1, 0.15) is 12.3 Å². The Morgan fingerprint density at radius 1 is 1.03 bits per heavy atom. The van der Waals surface area contributed by atoms with E-state index in [0.29, 0.717) is 24.4 Å². The van der Waals surface area contributed by atoms with E-state index < -0.39 is 0 Å². The highest BCUT2D eigenvalue weighted by Crippen LogP contribution is 2.21. The summed E-state index contributed by atoms with van der Waals surface area (Å²) in [5, 5.41) is 2.05. The first kappa shape index (κ1) is 24.5.